The van der Waals surface area contributed by atoms with Gasteiger partial charge in [-0.3, -0.25) is 9.78 Å². The van der Waals surface area contributed by atoms with Crippen LogP contribution in [-0.4, -0.2) is 39.0 Å². The molecule has 7 nitrogen and oxygen atoms in total. The van der Waals surface area contributed by atoms with E-state index in [1.54, 1.807) is 35.8 Å². The zero-order chi connectivity index (χ0) is 20.0. The number of fused-ring (bicyclic) bond motifs is 1. The Morgan fingerprint density at radius 3 is 2.43 bits per heavy atom. The molecule has 9 heteroatoms. The minimum atomic E-state index is -2.53. The number of aliphatic hydroxyl groups is 1. The summed E-state index contributed by atoms with van der Waals surface area (Å²) in [5.74, 6) is 0.654. The van der Waals surface area contributed by atoms with E-state index in [1.807, 2.05) is 0 Å². The van der Waals surface area contributed by atoms with Crippen LogP contribution >= 0.6 is 0 Å². The van der Waals surface area contributed by atoms with E-state index in [2.05, 4.69) is 15.1 Å². The van der Waals surface area contributed by atoms with Crippen molar-refractivity contribution in [2.75, 3.05) is 19.0 Å². The standard InChI is InChI=1S/C19H21F2N5O2/c1-25(2)19-22-17-14(18(28)23-19)13(9-27)24-26(17)15(10-3-4-10)11-5-7-12(8-6-11)16(20)21/h5-8,10,15-16,27H,3-4,9H2,1-2H3,(H,22,23,28)/t15-/m1/s1. The molecule has 1 saturated carbocycles. The van der Waals surface area contributed by atoms with Gasteiger partial charge in [-0.15, -0.1) is 0 Å². The number of aromatic nitrogens is 4. The fourth-order valence-electron chi connectivity index (χ4n) is 3.48. The SMILES string of the molecule is CN(C)c1nc2c(c(CO)nn2[C@@H](c2ccc(C(F)F)cc2)C2CC2)c(=O)[nH]1. The summed E-state index contributed by atoms with van der Waals surface area (Å²) in [5.41, 5.74) is 1.06. The summed E-state index contributed by atoms with van der Waals surface area (Å²) in [7, 11) is 3.53. The molecular formula is C19H21F2N5O2. The third kappa shape index (κ3) is 3.15. The molecule has 2 heterocycles. The first kappa shape index (κ1) is 18.5. The van der Waals surface area contributed by atoms with Crippen LogP contribution < -0.4 is 10.5 Å². The van der Waals surface area contributed by atoms with Crippen LogP contribution in [0.4, 0.5) is 14.7 Å². The number of halogens is 2. The Balaban J connectivity index is 1.90. The second-order valence-corrected chi connectivity index (χ2v) is 7.28. The molecule has 0 saturated heterocycles. The lowest BCUT2D eigenvalue weighted by atomic mass is 10.0. The van der Waals surface area contributed by atoms with E-state index in [9.17, 15) is 18.7 Å². The van der Waals surface area contributed by atoms with E-state index in [1.165, 1.54) is 12.1 Å². The van der Waals surface area contributed by atoms with Crippen molar-refractivity contribution < 1.29 is 13.9 Å². The molecular weight excluding hydrogens is 368 g/mol. The average molecular weight is 389 g/mol. The highest BCUT2D eigenvalue weighted by Crippen LogP contribution is 2.44. The number of aromatic amines is 1. The number of alkyl halides is 2. The molecule has 0 unspecified atom stereocenters. The molecule has 1 aliphatic carbocycles. The van der Waals surface area contributed by atoms with E-state index >= 15 is 0 Å². The van der Waals surface area contributed by atoms with E-state index in [-0.39, 0.29) is 34.2 Å². The quantitative estimate of drug-likeness (QED) is 0.677. The fourth-order valence-corrected chi connectivity index (χ4v) is 3.48. The lowest BCUT2D eigenvalue weighted by Gasteiger charge is -2.19. The van der Waals surface area contributed by atoms with Gasteiger partial charge in [-0.1, -0.05) is 24.3 Å². The molecule has 148 valence electrons. The normalized spacial score (nSPS) is 15.4. The minimum absolute atomic E-state index is 0.0378. The Kier molecular flexibility index (Phi) is 4.62. The number of benzene rings is 1. The molecule has 4 rings (SSSR count). The molecule has 28 heavy (non-hydrogen) atoms. The first-order chi connectivity index (χ1) is 13.4. The number of rotatable bonds is 6. The van der Waals surface area contributed by atoms with Crippen molar-refractivity contribution in [3.8, 4) is 0 Å². The average Bonchev–Trinajstić information content (AvgIpc) is 3.43. The van der Waals surface area contributed by atoms with Gasteiger partial charge in [-0.25, -0.2) is 13.5 Å². The van der Waals surface area contributed by atoms with Crippen molar-refractivity contribution in [1.82, 2.24) is 19.7 Å². The summed E-state index contributed by atoms with van der Waals surface area (Å²) in [6.45, 7) is -0.392. The van der Waals surface area contributed by atoms with Gasteiger partial charge in [0.15, 0.2) is 5.65 Å². The topological polar surface area (TPSA) is 87.0 Å². The lowest BCUT2D eigenvalue weighted by Crippen LogP contribution is -2.20. The van der Waals surface area contributed by atoms with Gasteiger partial charge in [0.1, 0.15) is 11.1 Å². The highest BCUT2D eigenvalue weighted by atomic mass is 19.3. The first-order valence-corrected chi connectivity index (χ1v) is 9.08. The Bertz CT molecular complexity index is 1050. The number of nitrogens with zero attached hydrogens (tertiary/aromatic N) is 4. The molecule has 0 spiro atoms. The van der Waals surface area contributed by atoms with Crippen molar-refractivity contribution in [3.05, 3.63) is 51.4 Å². The molecule has 0 radical (unpaired) electrons. The molecule has 1 aliphatic rings. The molecule has 3 aromatic rings. The van der Waals surface area contributed by atoms with Crippen molar-refractivity contribution in [2.45, 2.75) is 31.9 Å². The van der Waals surface area contributed by atoms with Gasteiger partial charge < -0.3 is 10.0 Å². The van der Waals surface area contributed by atoms with Gasteiger partial charge in [0, 0.05) is 19.7 Å². The predicted molar refractivity (Wildman–Crippen MR) is 101 cm³/mol. The van der Waals surface area contributed by atoms with Crippen LogP contribution in [0.3, 0.4) is 0 Å². The first-order valence-electron chi connectivity index (χ1n) is 9.08. The number of nitrogens with one attached hydrogen (secondary N) is 1. The maximum atomic E-state index is 12.9. The monoisotopic (exact) mass is 389 g/mol. The van der Waals surface area contributed by atoms with Gasteiger partial charge in [-0.2, -0.15) is 10.1 Å². The third-order valence-electron chi connectivity index (χ3n) is 5.06. The summed E-state index contributed by atoms with van der Waals surface area (Å²) in [6.07, 6.45) is -0.579. The lowest BCUT2D eigenvalue weighted by molar-refractivity contribution is 0.151. The van der Waals surface area contributed by atoms with Crippen LogP contribution in [0.1, 0.15) is 42.1 Å². The molecule has 1 fully saturated rings. The smallest absolute Gasteiger partial charge is 0.263 e. The predicted octanol–water partition coefficient (Wildman–Crippen LogP) is 2.61. The highest BCUT2D eigenvalue weighted by molar-refractivity contribution is 5.78. The van der Waals surface area contributed by atoms with Gasteiger partial charge >= 0.3 is 0 Å². The van der Waals surface area contributed by atoms with E-state index < -0.39 is 13.0 Å². The van der Waals surface area contributed by atoms with Crippen LogP contribution in [0.25, 0.3) is 11.0 Å². The summed E-state index contributed by atoms with van der Waals surface area (Å²) in [6, 6.07) is 5.95. The Labute approximate surface area is 159 Å². The largest absolute Gasteiger partial charge is 0.390 e. The van der Waals surface area contributed by atoms with Crippen molar-refractivity contribution >= 4 is 17.0 Å². The zero-order valence-electron chi connectivity index (χ0n) is 15.6. The van der Waals surface area contributed by atoms with E-state index in [0.717, 1.165) is 18.4 Å². The molecule has 2 N–H and O–H groups in total. The van der Waals surface area contributed by atoms with Gasteiger partial charge in [0.25, 0.3) is 12.0 Å². The number of aliphatic hydroxyl groups excluding tert-OH is 1. The van der Waals surface area contributed by atoms with E-state index in [0.29, 0.717) is 11.6 Å². The molecule has 0 amide bonds. The molecule has 1 atom stereocenters. The molecule has 2 aromatic heterocycles. The van der Waals surface area contributed by atoms with Gasteiger partial charge in [0.05, 0.1) is 12.6 Å². The molecule has 0 bridgehead atoms. The number of hydrogen-bond donors (Lipinski definition) is 2. The fraction of sp³-hybridized carbons (Fsp3) is 0.421. The summed E-state index contributed by atoms with van der Waals surface area (Å²) >= 11 is 0. The number of hydrogen-bond acceptors (Lipinski definition) is 5. The van der Waals surface area contributed by atoms with Crippen LogP contribution in [-0.2, 0) is 6.61 Å². The number of H-pyrrole nitrogens is 1. The van der Waals surface area contributed by atoms with Crippen LogP contribution in [0.15, 0.2) is 29.1 Å². The van der Waals surface area contributed by atoms with Crippen LogP contribution in [0, 0.1) is 5.92 Å². The van der Waals surface area contributed by atoms with Crippen LogP contribution in [0.2, 0.25) is 0 Å². The second kappa shape index (κ2) is 6.97. The maximum Gasteiger partial charge on any atom is 0.263 e. The Morgan fingerprint density at radius 1 is 1.25 bits per heavy atom. The van der Waals surface area contributed by atoms with Crippen LogP contribution in [0.5, 0.6) is 0 Å². The summed E-state index contributed by atoms with van der Waals surface area (Å²) < 4.78 is 27.5. The number of anilines is 1. The minimum Gasteiger partial charge on any atom is -0.390 e. The van der Waals surface area contributed by atoms with Gasteiger partial charge in [-0.05, 0) is 24.3 Å². The molecule has 1 aromatic carbocycles. The second-order valence-electron chi connectivity index (χ2n) is 7.28. The van der Waals surface area contributed by atoms with Crippen molar-refractivity contribution in [1.29, 1.82) is 0 Å². The van der Waals surface area contributed by atoms with Crippen molar-refractivity contribution in [3.63, 3.8) is 0 Å². The highest BCUT2D eigenvalue weighted by Gasteiger charge is 2.36. The summed E-state index contributed by atoms with van der Waals surface area (Å²) in [5, 5.41) is 14.4. The Morgan fingerprint density at radius 2 is 1.89 bits per heavy atom. The molecule has 0 aliphatic heterocycles. The van der Waals surface area contributed by atoms with Crippen molar-refractivity contribution in [2.24, 2.45) is 5.92 Å². The Hall–Kier alpha value is -2.81. The maximum absolute atomic E-state index is 12.9. The van der Waals surface area contributed by atoms with Gasteiger partial charge in [0.2, 0.25) is 5.95 Å². The third-order valence-corrected chi connectivity index (χ3v) is 5.06. The van der Waals surface area contributed by atoms with E-state index in [4.69, 9.17) is 0 Å². The zero-order valence-corrected chi connectivity index (χ0v) is 15.6. The summed E-state index contributed by atoms with van der Waals surface area (Å²) in [4.78, 5) is 21.5.